The maximum atomic E-state index is 11.8. The number of alkyl halides is 3. The SMILES string of the molecule is N[C@H](CC(=O)OC1CC1)C(F)(F)F. The largest absolute Gasteiger partial charge is 0.462 e. The third-order valence-electron chi connectivity index (χ3n) is 1.63. The van der Waals surface area contributed by atoms with Gasteiger partial charge in [-0.05, 0) is 12.8 Å². The lowest BCUT2D eigenvalue weighted by molar-refractivity contribution is -0.165. The van der Waals surface area contributed by atoms with Gasteiger partial charge in [-0.25, -0.2) is 0 Å². The normalized spacial score (nSPS) is 19.7. The van der Waals surface area contributed by atoms with Gasteiger partial charge >= 0.3 is 12.1 Å². The molecule has 2 N–H and O–H groups in total. The maximum Gasteiger partial charge on any atom is 0.404 e. The molecule has 0 spiro atoms. The van der Waals surface area contributed by atoms with Gasteiger partial charge in [0.1, 0.15) is 12.1 Å². The Hall–Kier alpha value is -0.780. The second-order valence-corrected chi connectivity index (χ2v) is 3.04. The Labute approximate surface area is 73.0 Å². The second-order valence-electron chi connectivity index (χ2n) is 3.04. The van der Waals surface area contributed by atoms with Crippen LogP contribution in [0.2, 0.25) is 0 Å². The zero-order valence-electron chi connectivity index (χ0n) is 6.80. The monoisotopic (exact) mass is 197 g/mol. The Morgan fingerprint density at radius 1 is 1.54 bits per heavy atom. The molecule has 13 heavy (non-hydrogen) atoms. The molecule has 0 unspecified atom stereocenters. The van der Waals surface area contributed by atoms with E-state index < -0.39 is 24.6 Å². The van der Waals surface area contributed by atoms with Crippen molar-refractivity contribution in [2.24, 2.45) is 5.73 Å². The number of halogens is 3. The number of ether oxygens (including phenoxy) is 1. The number of nitrogens with two attached hydrogens (primary N) is 1. The second kappa shape index (κ2) is 3.53. The smallest absolute Gasteiger partial charge is 0.404 e. The number of hydrogen-bond acceptors (Lipinski definition) is 3. The molecule has 3 nitrogen and oxygen atoms in total. The van der Waals surface area contributed by atoms with Crippen LogP contribution < -0.4 is 5.73 Å². The van der Waals surface area contributed by atoms with E-state index >= 15 is 0 Å². The fourth-order valence-corrected chi connectivity index (χ4v) is 0.715. The van der Waals surface area contributed by atoms with E-state index in [-0.39, 0.29) is 6.10 Å². The molecule has 0 saturated heterocycles. The lowest BCUT2D eigenvalue weighted by Crippen LogP contribution is -2.39. The standard InChI is InChI=1S/C7H10F3NO2/c8-7(9,10)5(11)3-6(12)13-4-1-2-4/h4-5H,1-3,11H2/t5-/m1/s1. The van der Waals surface area contributed by atoms with Crippen molar-refractivity contribution in [2.45, 2.75) is 37.6 Å². The summed E-state index contributed by atoms with van der Waals surface area (Å²) in [6, 6.07) is -2.11. The molecule has 1 fully saturated rings. The molecular formula is C7H10F3NO2. The molecule has 0 aromatic rings. The maximum absolute atomic E-state index is 11.8. The fraction of sp³-hybridized carbons (Fsp3) is 0.857. The Kier molecular flexibility index (Phi) is 2.80. The van der Waals surface area contributed by atoms with E-state index in [4.69, 9.17) is 5.73 Å². The molecule has 76 valence electrons. The van der Waals surface area contributed by atoms with E-state index in [1.807, 2.05) is 0 Å². The molecule has 1 rings (SSSR count). The minimum absolute atomic E-state index is 0.173. The Morgan fingerprint density at radius 3 is 2.46 bits per heavy atom. The molecule has 1 aliphatic carbocycles. The van der Waals surface area contributed by atoms with Gasteiger partial charge in [0, 0.05) is 0 Å². The van der Waals surface area contributed by atoms with Crippen LogP contribution in [-0.4, -0.2) is 24.3 Å². The minimum atomic E-state index is -4.53. The van der Waals surface area contributed by atoms with Gasteiger partial charge in [-0.1, -0.05) is 0 Å². The lowest BCUT2D eigenvalue weighted by Gasteiger charge is -2.14. The highest BCUT2D eigenvalue weighted by molar-refractivity contribution is 5.70. The quantitative estimate of drug-likeness (QED) is 0.686. The van der Waals surface area contributed by atoms with Gasteiger partial charge in [-0.3, -0.25) is 4.79 Å². The van der Waals surface area contributed by atoms with Crippen LogP contribution >= 0.6 is 0 Å². The van der Waals surface area contributed by atoms with E-state index in [2.05, 4.69) is 4.74 Å². The molecule has 0 bridgehead atoms. The summed E-state index contributed by atoms with van der Waals surface area (Å²) in [4.78, 5) is 10.7. The summed E-state index contributed by atoms with van der Waals surface area (Å²) < 4.78 is 40.1. The lowest BCUT2D eigenvalue weighted by atomic mass is 10.2. The summed E-state index contributed by atoms with van der Waals surface area (Å²) in [5.41, 5.74) is 4.72. The zero-order valence-corrected chi connectivity index (χ0v) is 6.80. The van der Waals surface area contributed by atoms with Crippen LogP contribution in [0, 0.1) is 0 Å². The Morgan fingerprint density at radius 2 is 2.08 bits per heavy atom. The van der Waals surface area contributed by atoms with Crippen molar-refractivity contribution in [3.05, 3.63) is 0 Å². The first-order chi connectivity index (χ1) is 5.89. The Balaban J connectivity index is 2.25. The van der Waals surface area contributed by atoms with Crippen LogP contribution in [0.15, 0.2) is 0 Å². The zero-order chi connectivity index (χ0) is 10.1. The van der Waals surface area contributed by atoms with E-state index in [9.17, 15) is 18.0 Å². The van der Waals surface area contributed by atoms with Gasteiger partial charge in [-0.15, -0.1) is 0 Å². The van der Waals surface area contributed by atoms with Crippen LogP contribution in [0.4, 0.5) is 13.2 Å². The summed E-state index contributed by atoms with van der Waals surface area (Å²) >= 11 is 0. The highest BCUT2D eigenvalue weighted by Crippen LogP contribution is 2.25. The summed E-state index contributed by atoms with van der Waals surface area (Å²) in [6.45, 7) is 0. The van der Waals surface area contributed by atoms with Crippen molar-refractivity contribution < 1.29 is 22.7 Å². The number of carbonyl (C=O) groups is 1. The van der Waals surface area contributed by atoms with Gasteiger partial charge in [0.05, 0.1) is 6.42 Å². The topological polar surface area (TPSA) is 52.3 Å². The summed E-state index contributed by atoms with van der Waals surface area (Å²) in [5, 5.41) is 0. The molecule has 0 heterocycles. The van der Waals surface area contributed by atoms with Crippen molar-refractivity contribution in [3.8, 4) is 0 Å². The van der Waals surface area contributed by atoms with E-state index in [0.717, 1.165) is 12.8 Å². The van der Waals surface area contributed by atoms with Crippen LogP contribution in [-0.2, 0) is 9.53 Å². The molecule has 0 aromatic heterocycles. The average molecular weight is 197 g/mol. The predicted molar refractivity (Wildman–Crippen MR) is 37.8 cm³/mol. The van der Waals surface area contributed by atoms with Crippen LogP contribution in [0.5, 0.6) is 0 Å². The number of rotatable bonds is 3. The predicted octanol–water partition coefficient (Wildman–Crippen LogP) is 0.972. The summed E-state index contributed by atoms with van der Waals surface area (Å²) in [7, 11) is 0. The minimum Gasteiger partial charge on any atom is -0.462 e. The van der Waals surface area contributed by atoms with Crippen molar-refractivity contribution in [2.75, 3.05) is 0 Å². The first-order valence-electron chi connectivity index (χ1n) is 3.91. The molecule has 0 aliphatic heterocycles. The van der Waals surface area contributed by atoms with Crippen molar-refractivity contribution >= 4 is 5.97 Å². The highest BCUT2D eigenvalue weighted by atomic mass is 19.4. The van der Waals surface area contributed by atoms with Crippen molar-refractivity contribution in [1.29, 1.82) is 0 Å². The molecule has 1 aliphatic rings. The molecule has 0 radical (unpaired) electrons. The fourth-order valence-electron chi connectivity index (χ4n) is 0.715. The van der Waals surface area contributed by atoms with Gasteiger partial charge in [0.15, 0.2) is 0 Å². The molecule has 0 amide bonds. The molecule has 1 saturated carbocycles. The first-order valence-corrected chi connectivity index (χ1v) is 3.91. The summed E-state index contributed by atoms with van der Waals surface area (Å²) in [5.74, 6) is -0.868. The van der Waals surface area contributed by atoms with Crippen molar-refractivity contribution in [3.63, 3.8) is 0 Å². The van der Waals surface area contributed by atoms with Gasteiger partial charge < -0.3 is 10.5 Å². The molecule has 0 aromatic carbocycles. The van der Waals surface area contributed by atoms with Crippen LogP contribution in [0.25, 0.3) is 0 Å². The molecular weight excluding hydrogens is 187 g/mol. The van der Waals surface area contributed by atoms with E-state index in [0.29, 0.717) is 0 Å². The number of esters is 1. The van der Waals surface area contributed by atoms with Gasteiger partial charge in [0.25, 0.3) is 0 Å². The first kappa shape index (κ1) is 10.3. The Bertz CT molecular complexity index is 200. The molecule has 6 heteroatoms. The number of carbonyl (C=O) groups excluding carboxylic acids is 1. The van der Waals surface area contributed by atoms with Crippen LogP contribution in [0.3, 0.4) is 0 Å². The van der Waals surface area contributed by atoms with E-state index in [1.54, 1.807) is 0 Å². The average Bonchev–Trinajstić information content (AvgIpc) is 2.68. The molecule has 1 atom stereocenters. The highest BCUT2D eigenvalue weighted by Gasteiger charge is 2.39. The summed E-state index contributed by atoms with van der Waals surface area (Å²) in [6.07, 6.45) is -4.00. The van der Waals surface area contributed by atoms with E-state index in [1.165, 1.54) is 0 Å². The van der Waals surface area contributed by atoms with Gasteiger partial charge in [0.2, 0.25) is 0 Å². The van der Waals surface area contributed by atoms with Crippen molar-refractivity contribution in [1.82, 2.24) is 0 Å². The van der Waals surface area contributed by atoms with Crippen LogP contribution in [0.1, 0.15) is 19.3 Å². The van der Waals surface area contributed by atoms with Gasteiger partial charge in [-0.2, -0.15) is 13.2 Å². The third-order valence-corrected chi connectivity index (χ3v) is 1.63. The third kappa shape index (κ3) is 3.63. The number of hydrogen-bond donors (Lipinski definition) is 1.